The molecule has 1 aliphatic rings. The number of aromatic hydroxyl groups is 2. The van der Waals surface area contributed by atoms with Gasteiger partial charge in [0.15, 0.2) is 0 Å². The van der Waals surface area contributed by atoms with Gasteiger partial charge in [-0.25, -0.2) is 0 Å². The van der Waals surface area contributed by atoms with Gasteiger partial charge in [0.2, 0.25) is 0 Å². The molecule has 2 aromatic carbocycles. The quantitative estimate of drug-likeness (QED) is 0.684. The third-order valence-corrected chi connectivity index (χ3v) is 2.99. The summed E-state index contributed by atoms with van der Waals surface area (Å²) in [6.07, 6.45) is 1.75. The van der Waals surface area contributed by atoms with Crippen LogP contribution in [-0.2, 0) is 4.79 Å². The maximum Gasteiger partial charge on any atom is 0.256 e. The van der Waals surface area contributed by atoms with Crippen LogP contribution in [0.2, 0.25) is 0 Å². The second-order valence-electron chi connectivity index (χ2n) is 4.33. The van der Waals surface area contributed by atoms with Crippen LogP contribution in [0.3, 0.4) is 0 Å². The van der Waals surface area contributed by atoms with E-state index >= 15 is 0 Å². The van der Waals surface area contributed by atoms with E-state index in [1.165, 1.54) is 6.07 Å². The highest BCUT2D eigenvalue weighted by molar-refractivity contribution is 6.34. The molecule has 0 atom stereocenters. The Morgan fingerprint density at radius 1 is 0.947 bits per heavy atom. The molecule has 4 heteroatoms. The molecular formula is C15H11NO3. The number of carbonyl (C=O) groups is 1. The number of nitrogens with one attached hydrogen (secondary N) is 1. The van der Waals surface area contributed by atoms with Crippen molar-refractivity contribution in [1.29, 1.82) is 0 Å². The molecule has 94 valence electrons. The molecule has 0 fully saturated rings. The monoisotopic (exact) mass is 253 g/mol. The third-order valence-electron chi connectivity index (χ3n) is 2.99. The van der Waals surface area contributed by atoms with E-state index in [-0.39, 0.29) is 17.4 Å². The Morgan fingerprint density at radius 2 is 1.63 bits per heavy atom. The fourth-order valence-electron chi connectivity index (χ4n) is 2.06. The first-order valence-electron chi connectivity index (χ1n) is 5.79. The number of hydrogen-bond acceptors (Lipinski definition) is 3. The Hall–Kier alpha value is -2.75. The molecule has 1 heterocycles. The fraction of sp³-hybridized carbons (Fsp3) is 0. The number of carbonyl (C=O) groups excluding carboxylic acids is 1. The van der Waals surface area contributed by atoms with Crippen molar-refractivity contribution < 1.29 is 15.0 Å². The van der Waals surface area contributed by atoms with Gasteiger partial charge in [0.1, 0.15) is 11.5 Å². The zero-order valence-electron chi connectivity index (χ0n) is 9.92. The number of fused-ring (bicyclic) bond motifs is 1. The van der Waals surface area contributed by atoms with Crippen molar-refractivity contribution in [2.24, 2.45) is 0 Å². The van der Waals surface area contributed by atoms with Gasteiger partial charge in [0.05, 0.1) is 5.69 Å². The summed E-state index contributed by atoms with van der Waals surface area (Å²) in [6.45, 7) is 0. The summed E-state index contributed by atoms with van der Waals surface area (Å²) in [5.41, 5.74) is 2.73. The summed E-state index contributed by atoms with van der Waals surface area (Å²) >= 11 is 0. The maximum atomic E-state index is 11.9. The molecule has 0 unspecified atom stereocenters. The van der Waals surface area contributed by atoms with Gasteiger partial charge in [-0.1, -0.05) is 12.1 Å². The summed E-state index contributed by atoms with van der Waals surface area (Å²) in [5, 5.41) is 21.3. The van der Waals surface area contributed by atoms with Gasteiger partial charge < -0.3 is 15.5 Å². The average molecular weight is 253 g/mol. The van der Waals surface area contributed by atoms with Gasteiger partial charge in [-0.05, 0) is 35.9 Å². The molecule has 3 N–H and O–H groups in total. The summed E-state index contributed by atoms with van der Waals surface area (Å²) in [6, 6.07) is 11.4. The first-order chi connectivity index (χ1) is 9.13. The Balaban J connectivity index is 2.06. The molecular weight excluding hydrogens is 242 g/mol. The molecule has 1 amide bonds. The topological polar surface area (TPSA) is 69.6 Å². The normalized spacial score (nSPS) is 15.4. The fourth-order valence-corrected chi connectivity index (χ4v) is 2.06. The standard InChI is InChI=1S/C15H11NO3/c17-10-3-1-9(2-4-10)7-13-12-6-5-11(18)8-14(12)16-15(13)19/h1-8,17-18H,(H,16,19)/b13-7+. The lowest BCUT2D eigenvalue weighted by Gasteiger charge is -1.99. The lowest BCUT2D eigenvalue weighted by Crippen LogP contribution is -2.03. The van der Waals surface area contributed by atoms with E-state index in [9.17, 15) is 15.0 Å². The molecule has 1 aliphatic heterocycles. The highest BCUT2D eigenvalue weighted by Crippen LogP contribution is 2.35. The average Bonchev–Trinajstić information content (AvgIpc) is 2.68. The first-order valence-corrected chi connectivity index (χ1v) is 5.79. The molecule has 0 saturated carbocycles. The van der Waals surface area contributed by atoms with Gasteiger partial charge in [-0.2, -0.15) is 0 Å². The summed E-state index contributed by atoms with van der Waals surface area (Å²) in [7, 11) is 0. The number of phenolic OH excluding ortho intramolecular Hbond substituents is 2. The van der Waals surface area contributed by atoms with Crippen LogP contribution in [0, 0.1) is 0 Å². The second kappa shape index (κ2) is 4.17. The van der Waals surface area contributed by atoms with Gasteiger partial charge in [0, 0.05) is 17.2 Å². The third kappa shape index (κ3) is 2.04. The Morgan fingerprint density at radius 3 is 2.37 bits per heavy atom. The Bertz CT molecular complexity index is 687. The zero-order chi connectivity index (χ0) is 13.4. The van der Waals surface area contributed by atoms with Gasteiger partial charge >= 0.3 is 0 Å². The van der Waals surface area contributed by atoms with Crippen LogP contribution < -0.4 is 5.32 Å². The van der Waals surface area contributed by atoms with Crippen LogP contribution in [0.4, 0.5) is 5.69 Å². The van der Waals surface area contributed by atoms with Crippen molar-refractivity contribution in [3.63, 3.8) is 0 Å². The van der Waals surface area contributed by atoms with Crippen LogP contribution in [0.5, 0.6) is 11.5 Å². The second-order valence-corrected chi connectivity index (χ2v) is 4.33. The number of anilines is 1. The maximum absolute atomic E-state index is 11.9. The molecule has 0 aliphatic carbocycles. The van der Waals surface area contributed by atoms with Crippen LogP contribution in [0.1, 0.15) is 11.1 Å². The largest absolute Gasteiger partial charge is 0.508 e. The number of phenols is 2. The Kier molecular flexibility index (Phi) is 2.49. The van der Waals surface area contributed by atoms with Gasteiger partial charge in [-0.3, -0.25) is 4.79 Å². The molecule has 0 aromatic heterocycles. The van der Waals surface area contributed by atoms with Crippen LogP contribution in [0.15, 0.2) is 42.5 Å². The van der Waals surface area contributed by atoms with Crippen molar-refractivity contribution in [2.45, 2.75) is 0 Å². The molecule has 0 radical (unpaired) electrons. The minimum Gasteiger partial charge on any atom is -0.508 e. The minimum atomic E-state index is -0.200. The molecule has 19 heavy (non-hydrogen) atoms. The van der Waals surface area contributed by atoms with Crippen molar-refractivity contribution >= 4 is 23.2 Å². The number of hydrogen-bond donors (Lipinski definition) is 3. The zero-order valence-corrected chi connectivity index (χ0v) is 9.92. The van der Waals surface area contributed by atoms with E-state index in [2.05, 4.69) is 5.32 Å². The summed E-state index contributed by atoms with van der Waals surface area (Å²) < 4.78 is 0. The number of benzene rings is 2. The van der Waals surface area contributed by atoms with E-state index in [0.29, 0.717) is 11.3 Å². The van der Waals surface area contributed by atoms with Crippen LogP contribution in [0.25, 0.3) is 11.6 Å². The van der Waals surface area contributed by atoms with E-state index in [4.69, 9.17) is 0 Å². The van der Waals surface area contributed by atoms with Crippen molar-refractivity contribution in [3.05, 3.63) is 53.6 Å². The molecule has 0 bridgehead atoms. The predicted molar refractivity (Wildman–Crippen MR) is 72.7 cm³/mol. The van der Waals surface area contributed by atoms with E-state index in [1.54, 1.807) is 42.5 Å². The molecule has 0 saturated heterocycles. The van der Waals surface area contributed by atoms with E-state index < -0.39 is 0 Å². The highest BCUT2D eigenvalue weighted by atomic mass is 16.3. The van der Waals surface area contributed by atoms with Crippen molar-refractivity contribution in [3.8, 4) is 11.5 Å². The highest BCUT2D eigenvalue weighted by Gasteiger charge is 2.24. The van der Waals surface area contributed by atoms with Gasteiger partial charge in [0.25, 0.3) is 5.91 Å². The molecule has 2 aromatic rings. The number of amides is 1. The van der Waals surface area contributed by atoms with Crippen molar-refractivity contribution in [2.75, 3.05) is 5.32 Å². The minimum absolute atomic E-state index is 0.116. The van der Waals surface area contributed by atoms with Gasteiger partial charge in [-0.15, -0.1) is 0 Å². The first kappa shape index (κ1) is 11.3. The van der Waals surface area contributed by atoms with E-state index in [0.717, 1.165) is 11.1 Å². The SMILES string of the molecule is O=C1Nc2cc(O)ccc2/C1=C\c1ccc(O)cc1. The molecule has 3 rings (SSSR count). The lowest BCUT2D eigenvalue weighted by atomic mass is 10.0. The number of rotatable bonds is 1. The van der Waals surface area contributed by atoms with Crippen LogP contribution >= 0.6 is 0 Å². The predicted octanol–water partition coefficient (Wildman–Crippen LogP) is 2.59. The summed E-state index contributed by atoms with van der Waals surface area (Å²) in [5.74, 6) is 0.0990. The Labute approximate surface area is 109 Å². The van der Waals surface area contributed by atoms with Crippen LogP contribution in [-0.4, -0.2) is 16.1 Å². The summed E-state index contributed by atoms with van der Waals surface area (Å²) in [4.78, 5) is 11.9. The smallest absolute Gasteiger partial charge is 0.256 e. The molecule has 0 spiro atoms. The van der Waals surface area contributed by atoms with Crippen molar-refractivity contribution in [1.82, 2.24) is 0 Å². The lowest BCUT2D eigenvalue weighted by molar-refractivity contribution is -0.110. The molecule has 4 nitrogen and oxygen atoms in total. The van der Waals surface area contributed by atoms with E-state index in [1.807, 2.05) is 0 Å².